The molecule has 0 radical (unpaired) electrons. The first-order chi connectivity index (χ1) is 4.20. The van der Waals surface area contributed by atoms with E-state index in [1.165, 1.54) is 0 Å². The molecule has 3 heteroatoms. The standard InChI is InChI=1S/C6H11BrFN/c7-4-1-2-6(9)5(8)3-4/h4-6H,1-3,9H2/t4-,5-,6+/m1/s1. The van der Waals surface area contributed by atoms with Gasteiger partial charge in [0.05, 0.1) is 0 Å². The average Bonchev–Trinajstić information content (AvgIpc) is 1.80. The van der Waals surface area contributed by atoms with Crippen LogP contribution in [-0.2, 0) is 0 Å². The van der Waals surface area contributed by atoms with E-state index >= 15 is 0 Å². The molecule has 0 aliphatic heterocycles. The lowest BCUT2D eigenvalue weighted by Gasteiger charge is -2.25. The highest BCUT2D eigenvalue weighted by Crippen LogP contribution is 2.25. The summed E-state index contributed by atoms with van der Waals surface area (Å²) in [5, 5.41) is 0. The van der Waals surface area contributed by atoms with Gasteiger partial charge in [-0.15, -0.1) is 0 Å². The van der Waals surface area contributed by atoms with Gasteiger partial charge in [0.15, 0.2) is 0 Å². The summed E-state index contributed by atoms with van der Waals surface area (Å²) in [4.78, 5) is 0.354. The van der Waals surface area contributed by atoms with Crippen LogP contribution in [0.2, 0.25) is 0 Å². The van der Waals surface area contributed by atoms with Crippen molar-refractivity contribution in [3.05, 3.63) is 0 Å². The van der Waals surface area contributed by atoms with E-state index in [2.05, 4.69) is 15.9 Å². The van der Waals surface area contributed by atoms with Gasteiger partial charge in [-0.2, -0.15) is 0 Å². The molecule has 0 heterocycles. The van der Waals surface area contributed by atoms with Crippen molar-refractivity contribution in [2.75, 3.05) is 0 Å². The number of alkyl halides is 2. The summed E-state index contributed by atoms with van der Waals surface area (Å²) in [7, 11) is 0. The quantitative estimate of drug-likeness (QED) is 0.585. The third-order valence-electron chi connectivity index (χ3n) is 1.76. The first-order valence-electron chi connectivity index (χ1n) is 3.24. The normalized spacial score (nSPS) is 45.0. The Balaban J connectivity index is 2.35. The Morgan fingerprint density at radius 1 is 1.44 bits per heavy atom. The van der Waals surface area contributed by atoms with Crippen molar-refractivity contribution in [3.63, 3.8) is 0 Å². The van der Waals surface area contributed by atoms with Crippen LogP contribution in [0.1, 0.15) is 19.3 Å². The van der Waals surface area contributed by atoms with Gasteiger partial charge in [-0.3, -0.25) is 0 Å². The van der Waals surface area contributed by atoms with E-state index in [-0.39, 0.29) is 6.04 Å². The Kier molecular flexibility index (Phi) is 2.47. The largest absolute Gasteiger partial charge is 0.325 e. The molecule has 3 atom stereocenters. The zero-order valence-electron chi connectivity index (χ0n) is 5.19. The van der Waals surface area contributed by atoms with Crippen molar-refractivity contribution in [2.24, 2.45) is 5.73 Å². The predicted octanol–water partition coefficient (Wildman–Crippen LogP) is 1.60. The molecule has 0 bridgehead atoms. The molecule has 0 saturated heterocycles. The van der Waals surface area contributed by atoms with Gasteiger partial charge < -0.3 is 5.73 Å². The summed E-state index contributed by atoms with van der Waals surface area (Å²) < 4.78 is 12.7. The summed E-state index contributed by atoms with van der Waals surface area (Å²) in [6, 6.07) is -0.209. The molecule has 1 rings (SSSR count). The molecule has 1 saturated carbocycles. The van der Waals surface area contributed by atoms with E-state index in [9.17, 15) is 4.39 Å². The second-order valence-corrected chi connectivity index (χ2v) is 3.89. The van der Waals surface area contributed by atoms with E-state index in [1.807, 2.05) is 0 Å². The van der Waals surface area contributed by atoms with E-state index in [1.54, 1.807) is 0 Å². The smallest absolute Gasteiger partial charge is 0.116 e. The highest BCUT2D eigenvalue weighted by Gasteiger charge is 2.25. The number of halogens is 2. The fraction of sp³-hybridized carbons (Fsp3) is 1.00. The van der Waals surface area contributed by atoms with Gasteiger partial charge >= 0.3 is 0 Å². The Morgan fingerprint density at radius 2 is 2.11 bits per heavy atom. The molecular weight excluding hydrogens is 185 g/mol. The van der Waals surface area contributed by atoms with Gasteiger partial charge in [0, 0.05) is 10.9 Å². The van der Waals surface area contributed by atoms with Crippen LogP contribution < -0.4 is 5.73 Å². The number of hydrogen-bond acceptors (Lipinski definition) is 1. The fourth-order valence-electron chi connectivity index (χ4n) is 1.09. The third kappa shape index (κ3) is 1.90. The molecule has 2 N–H and O–H groups in total. The van der Waals surface area contributed by atoms with Gasteiger partial charge in [0.2, 0.25) is 0 Å². The summed E-state index contributed by atoms with van der Waals surface area (Å²) in [5.41, 5.74) is 5.44. The van der Waals surface area contributed by atoms with Crippen LogP contribution in [0.5, 0.6) is 0 Å². The summed E-state index contributed by atoms with van der Waals surface area (Å²) >= 11 is 3.36. The van der Waals surface area contributed by atoms with Crippen molar-refractivity contribution in [3.8, 4) is 0 Å². The highest BCUT2D eigenvalue weighted by atomic mass is 79.9. The molecule has 9 heavy (non-hydrogen) atoms. The lowest BCUT2D eigenvalue weighted by atomic mass is 9.94. The van der Waals surface area contributed by atoms with E-state index in [4.69, 9.17) is 5.73 Å². The summed E-state index contributed by atoms with van der Waals surface area (Å²) in [6.07, 6.45) is 1.63. The molecule has 0 aromatic carbocycles. The molecule has 1 aliphatic rings. The van der Waals surface area contributed by atoms with Crippen LogP contribution >= 0.6 is 15.9 Å². The first-order valence-corrected chi connectivity index (χ1v) is 4.15. The molecule has 0 aromatic rings. The van der Waals surface area contributed by atoms with Gasteiger partial charge in [-0.25, -0.2) is 4.39 Å². The maximum absolute atomic E-state index is 12.7. The van der Waals surface area contributed by atoms with Crippen molar-refractivity contribution in [2.45, 2.75) is 36.3 Å². The second-order valence-electron chi connectivity index (χ2n) is 2.59. The monoisotopic (exact) mass is 195 g/mol. The van der Waals surface area contributed by atoms with Crippen molar-refractivity contribution >= 4 is 15.9 Å². The SMILES string of the molecule is N[C@H]1CC[C@@H](Br)C[C@H]1F. The highest BCUT2D eigenvalue weighted by molar-refractivity contribution is 9.09. The van der Waals surface area contributed by atoms with Crippen LogP contribution in [0.3, 0.4) is 0 Å². The van der Waals surface area contributed by atoms with Gasteiger partial charge in [0.1, 0.15) is 6.17 Å². The van der Waals surface area contributed by atoms with Crippen molar-refractivity contribution in [1.29, 1.82) is 0 Å². The Hall–Kier alpha value is 0.370. The molecule has 54 valence electrons. The molecule has 0 spiro atoms. The fourth-order valence-corrected chi connectivity index (χ4v) is 1.71. The van der Waals surface area contributed by atoms with E-state index < -0.39 is 6.17 Å². The molecule has 1 fully saturated rings. The maximum atomic E-state index is 12.7. The minimum Gasteiger partial charge on any atom is -0.325 e. The van der Waals surface area contributed by atoms with Crippen LogP contribution in [0.15, 0.2) is 0 Å². The molecular formula is C6H11BrFN. The zero-order chi connectivity index (χ0) is 6.85. The van der Waals surface area contributed by atoms with E-state index in [0.29, 0.717) is 11.2 Å². The third-order valence-corrected chi connectivity index (χ3v) is 2.59. The van der Waals surface area contributed by atoms with Crippen LogP contribution in [0, 0.1) is 0 Å². The average molecular weight is 196 g/mol. The lowest BCUT2D eigenvalue weighted by Crippen LogP contribution is -2.37. The number of nitrogens with two attached hydrogens (primary N) is 1. The van der Waals surface area contributed by atoms with E-state index in [0.717, 1.165) is 12.8 Å². The van der Waals surface area contributed by atoms with Gasteiger partial charge in [0.25, 0.3) is 0 Å². The zero-order valence-corrected chi connectivity index (χ0v) is 6.77. The molecule has 1 nitrogen and oxygen atoms in total. The van der Waals surface area contributed by atoms with Crippen LogP contribution in [-0.4, -0.2) is 17.0 Å². The minimum absolute atomic E-state index is 0.209. The summed E-state index contributed by atoms with van der Waals surface area (Å²) in [6.45, 7) is 0. The number of hydrogen-bond donors (Lipinski definition) is 1. The Morgan fingerprint density at radius 3 is 2.56 bits per heavy atom. The molecule has 0 amide bonds. The Bertz CT molecular complexity index is 99.1. The van der Waals surface area contributed by atoms with Gasteiger partial charge in [-0.05, 0) is 19.3 Å². The topological polar surface area (TPSA) is 26.0 Å². The minimum atomic E-state index is -0.789. The number of rotatable bonds is 0. The second kappa shape index (κ2) is 2.97. The predicted molar refractivity (Wildman–Crippen MR) is 39.4 cm³/mol. The molecule has 1 aliphatic carbocycles. The van der Waals surface area contributed by atoms with Gasteiger partial charge in [-0.1, -0.05) is 15.9 Å². The Labute approximate surface area is 62.9 Å². The van der Waals surface area contributed by atoms with Crippen LogP contribution in [0.25, 0.3) is 0 Å². The maximum Gasteiger partial charge on any atom is 0.116 e. The van der Waals surface area contributed by atoms with Crippen molar-refractivity contribution in [1.82, 2.24) is 0 Å². The molecule has 0 aromatic heterocycles. The molecule has 0 unspecified atom stereocenters. The summed E-state index contributed by atoms with van der Waals surface area (Å²) in [5.74, 6) is 0. The van der Waals surface area contributed by atoms with Crippen molar-refractivity contribution < 1.29 is 4.39 Å². The first kappa shape index (κ1) is 7.48. The van der Waals surface area contributed by atoms with Crippen LogP contribution in [0.4, 0.5) is 4.39 Å². The lowest BCUT2D eigenvalue weighted by molar-refractivity contribution is 0.224.